The first-order valence-electron chi connectivity index (χ1n) is 7.43. The van der Waals surface area contributed by atoms with Gasteiger partial charge in [-0.05, 0) is 49.5 Å². The topological polar surface area (TPSA) is 33.3 Å². The van der Waals surface area contributed by atoms with Crippen molar-refractivity contribution >= 4 is 34.6 Å². The fourth-order valence-electron chi connectivity index (χ4n) is 2.79. The Balaban J connectivity index is 2.03. The molecule has 0 radical (unpaired) electrons. The summed E-state index contributed by atoms with van der Waals surface area (Å²) >= 11 is 11.6. The molecule has 1 aromatic rings. The number of benzene rings is 1. The Labute approximate surface area is 137 Å². The molecule has 1 fully saturated rings. The molecule has 5 heteroatoms. The van der Waals surface area contributed by atoms with Crippen molar-refractivity contribution in [1.82, 2.24) is 5.32 Å². The molecule has 116 valence electrons. The number of methoxy groups -OCH3 is 1. The van der Waals surface area contributed by atoms with E-state index in [2.05, 4.69) is 17.6 Å². The van der Waals surface area contributed by atoms with Gasteiger partial charge in [-0.2, -0.15) is 0 Å². The first-order valence-corrected chi connectivity index (χ1v) is 8.21. The molecule has 1 aromatic carbocycles. The average Bonchev–Trinajstić information content (AvgIpc) is 2.45. The third-order valence-corrected chi connectivity index (χ3v) is 4.78. The van der Waals surface area contributed by atoms with Crippen LogP contribution in [-0.4, -0.2) is 18.3 Å². The van der Waals surface area contributed by atoms with Crippen LogP contribution in [0.3, 0.4) is 0 Å². The summed E-state index contributed by atoms with van der Waals surface area (Å²) in [7, 11) is 1.63. The zero-order chi connectivity index (χ0) is 15.4. The van der Waals surface area contributed by atoms with Crippen molar-refractivity contribution in [2.75, 3.05) is 12.4 Å². The molecule has 0 amide bonds. The third kappa shape index (κ3) is 4.24. The highest BCUT2D eigenvalue weighted by molar-refractivity contribution is 7.80. The van der Waals surface area contributed by atoms with Crippen LogP contribution < -0.4 is 15.4 Å². The number of halogens is 1. The van der Waals surface area contributed by atoms with E-state index >= 15 is 0 Å². The van der Waals surface area contributed by atoms with Gasteiger partial charge >= 0.3 is 0 Å². The highest BCUT2D eigenvalue weighted by atomic mass is 35.5. The van der Waals surface area contributed by atoms with Crippen LogP contribution in [0.5, 0.6) is 5.75 Å². The van der Waals surface area contributed by atoms with E-state index in [9.17, 15) is 0 Å². The van der Waals surface area contributed by atoms with E-state index < -0.39 is 0 Å². The summed E-state index contributed by atoms with van der Waals surface area (Å²) in [5.74, 6) is 1.36. The van der Waals surface area contributed by atoms with E-state index in [1.54, 1.807) is 7.11 Å². The van der Waals surface area contributed by atoms with Crippen LogP contribution in [0.2, 0.25) is 5.02 Å². The quantitative estimate of drug-likeness (QED) is 0.800. The lowest BCUT2D eigenvalue weighted by Crippen LogP contribution is -2.43. The zero-order valence-electron chi connectivity index (χ0n) is 12.8. The monoisotopic (exact) mass is 326 g/mol. The van der Waals surface area contributed by atoms with Crippen LogP contribution in [0.1, 0.15) is 38.2 Å². The maximum absolute atomic E-state index is 6.12. The highest BCUT2D eigenvalue weighted by Crippen LogP contribution is 2.31. The SMILES string of the molecule is COc1cc(Cl)c(C)cc1NC(=S)NC1CCCCC1C. The molecule has 2 rings (SSSR count). The molecule has 0 heterocycles. The molecular weight excluding hydrogens is 304 g/mol. The second-order valence-corrected chi connectivity index (χ2v) is 6.58. The number of hydrogen-bond donors (Lipinski definition) is 2. The van der Waals surface area contributed by atoms with Gasteiger partial charge in [-0.15, -0.1) is 0 Å². The van der Waals surface area contributed by atoms with Crippen molar-refractivity contribution in [3.8, 4) is 5.75 Å². The van der Waals surface area contributed by atoms with E-state index in [0.717, 1.165) is 11.3 Å². The van der Waals surface area contributed by atoms with E-state index in [0.29, 0.717) is 27.8 Å². The first kappa shape index (κ1) is 16.4. The number of rotatable bonds is 3. The minimum absolute atomic E-state index is 0.457. The minimum Gasteiger partial charge on any atom is -0.495 e. The molecule has 1 aliphatic rings. The van der Waals surface area contributed by atoms with E-state index in [-0.39, 0.29) is 0 Å². The molecule has 1 aliphatic carbocycles. The fraction of sp³-hybridized carbons (Fsp3) is 0.562. The van der Waals surface area contributed by atoms with Crippen molar-refractivity contribution in [3.63, 3.8) is 0 Å². The average molecular weight is 327 g/mol. The number of aryl methyl sites for hydroxylation is 1. The summed E-state index contributed by atoms with van der Waals surface area (Å²) in [6.07, 6.45) is 5.04. The summed E-state index contributed by atoms with van der Waals surface area (Å²) in [6.45, 7) is 4.25. The summed E-state index contributed by atoms with van der Waals surface area (Å²) in [5.41, 5.74) is 1.84. The van der Waals surface area contributed by atoms with E-state index in [1.807, 2.05) is 19.1 Å². The summed E-state index contributed by atoms with van der Waals surface area (Å²) < 4.78 is 5.36. The van der Waals surface area contributed by atoms with Crippen LogP contribution in [0, 0.1) is 12.8 Å². The number of anilines is 1. The van der Waals surface area contributed by atoms with Crippen molar-refractivity contribution < 1.29 is 4.74 Å². The number of ether oxygens (including phenoxy) is 1. The van der Waals surface area contributed by atoms with Gasteiger partial charge < -0.3 is 15.4 Å². The molecule has 3 nitrogen and oxygen atoms in total. The maximum Gasteiger partial charge on any atom is 0.171 e. The van der Waals surface area contributed by atoms with Gasteiger partial charge in [0.15, 0.2) is 5.11 Å². The molecule has 21 heavy (non-hydrogen) atoms. The van der Waals surface area contributed by atoms with Gasteiger partial charge in [-0.1, -0.05) is 31.4 Å². The fourth-order valence-corrected chi connectivity index (χ4v) is 3.20. The van der Waals surface area contributed by atoms with Gasteiger partial charge in [0, 0.05) is 17.1 Å². The van der Waals surface area contributed by atoms with E-state index in [1.165, 1.54) is 25.7 Å². The van der Waals surface area contributed by atoms with Crippen LogP contribution in [0.15, 0.2) is 12.1 Å². The third-order valence-electron chi connectivity index (χ3n) is 4.16. The summed E-state index contributed by atoms with van der Waals surface area (Å²) in [5, 5.41) is 8.01. The maximum atomic E-state index is 6.12. The lowest BCUT2D eigenvalue weighted by Gasteiger charge is -2.30. The van der Waals surface area contributed by atoms with Crippen molar-refractivity contribution in [2.45, 2.75) is 45.6 Å². The molecule has 0 aliphatic heterocycles. The zero-order valence-corrected chi connectivity index (χ0v) is 14.4. The van der Waals surface area contributed by atoms with Gasteiger partial charge in [0.2, 0.25) is 0 Å². The molecule has 2 N–H and O–H groups in total. The number of thiocarbonyl (C=S) groups is 1. The van der Waals surface area contributed by atoms with Gasteiger partial charge in [0.05, 0.1) is 12.8 Å². The van der Waals surface area contributed by atoms with Crippen molar-refractivity contribution in [2.24, 2.45) is 5.92 Å². The molecule has 1 saturated carbocycles. The van der Waals surface area contributed by atoms with Crippen molar-refractivity contribution in [3.05, 3.63) is 22.7 Å². The summed E-state index contributed by atoms with van der Waals surface area (Å²) in [6, 6.07) is 4.22. The standard InChI is InChI=1S/C16H23ClN2OS/c1-10-6-4-5-7-13(10)18-16(21)19-14-8-11(2)12(17)9-15(14)20-3/h8-10,13H,4-7H2,1-3H3,(H2,18,19,21). The van der Waals surface area contributed by atoms with Gasteiger partial charge in [-0.3, -0.25) is 0 Å². The molecule has 2 unspecified atom stereocenters. The number of hydrogen-bond acceptors (Lipinski definition) is 2. The summed E-state index contributed by atoms with van der Waals surface area (Å²) in [4.78, 5) is 0. The molecule has 0 spiro atoms. The van der Waals surface area contributed by atoms with Crippen LogP contribution in [-0.2, 0) is 0 Å². The first-order chi connectivity index (χ1) is 10.0. The Bertz CT molecular complexity index is 521. The Morgan fingerprint density at radius 1 is 1.33 bits per heavy atom. The van der Waals surface area contributed by atoms with Crippen LogP contribution >= 0.6 is 23.8 Å². The lowest BCUT2D eigenvalue weighted by atomic mass is 9.86. The molecular formula is C16H23ClN2OS. The predicted molar refractivity (Wildman–Crippen MR) is 93.5 cm³/mol. The second kappa shape index (κ2) is 7.32. The van der Waals surface area contributed by atoms with Gasteiger partial charge in [0.1, 0.15) is 5.75 Å². The molecule has 0 aromatic heterocycles. The largest absolute Gasteiger partial charge is 0.495 e. The van der Waals surface area contributed by atoms with Crippen LogP contribution in [0.25, 0.3) is 0 Å². The van der Waals surface area contributed by atoms with Gasteiger partial charge in [-0.25, -0.2) is 0 Å². The molecule has 2 atom stereocenters. The van der Waals surface area contributed by atoms with E-state index in [4.69, 9.17) is 28.6 Å². The minimum atomic E-state index is 0.457. The second-order valence-electron chi connectivity index (χ2n) is 5.77. The number of nitrogens with one attached hydrogen (secondary N) is 2. The Kier molecular flexibility index (Phi) is 5.71. The normalized spacial score (nSPS) is 21.7. The Morgan fingerprint density at radius 3 is 2.71 bits per heavy atom. The Morgan fingerprint density at radius 2 is 2.05 bits per heavy atom. The van der Waals surface area contributed by atoms with Crippen molar-refractivity contribution in [1.29, 1.82) is 0 Å². The lowest BCUT2D eigenvalue weighted by molar-refractivity contribution is 0.309. The van der Waals surface area contributed by atoms with Gasteiger partial charge in [0.25, 0.3) is 0 Å². The predicted octanol–water partition coefficient (Wildman–Crippen LogP) is 4.52. The molecule has 0 saturated heterocycles. The molecule has 0 bridgehead atoms. The smallest absolute Gasteiger partial charge is 0.171 e. The van der Waals surface area contributed by atoms with Crippen LogP contribution in [0.4, 0.5) is 5.69 Å². The Hall–Kier alpha value is -1.00. The highest BCUT2D eigenvalue weighted by Gasteiger charge is 2.22.